The minimum atomic E-state index is -0.347. The van der Waals surface area contributed by atoms with Gasteiger partial charge in [-0.2, -0.15) is 0 Å². The summed E-state index contributed by atoms with van der Waals surface area (Å²) >= 11 is 14.7. The van der Waals surface area contributed by atoms with Crippen molar-refractivity contribution in [2.45, 2.75) is 23.2 Å². The van der Waals surface area contributed by atoms with Crippen LogP contribution in [0.25, 0.3) is 11.3 Å². The van der Waals surface area contributed by atoms with Crippen molar-refractivity contribution in [1.29, 1.82) is 0 Å². The van der Waals surface area contributed by atoms with E-state index in [1.165, 1.54) is 23.1 Å². The third-order valence-electron chi connectivity index (χ3n) is 4.43. The number of thioether (sulfide) groups is 1. The maximum absolute atomic E-state index is 12.6. The molecule has 0 aliphatic heterocycles. The monoisotopic (exact) mass is 507 g/mol. The summed E-state index contributed by atoms with van der Waals surface area (Å²) in [4.78, 5) is 29.2. The van der Waals surface area contributed by atoms with E-state index in [9.17, 15) is 9.59 Å². The van der Waals surface area contributed by atoms with E-state index >= 15 is 0 Å². The fraction of sp³-hybridized carbons (Fsp3) is 0.227. The van der Waals surface area contributed by atoms with Gasteiger partial charge in [0.2, 0.25) is 5.91 Å². The van der Waals surface area contributed by atoms with E-state index in [1.54, 1.807) is 18.2 Å². The average Bonchev–Trinajstić information content (AvgIpc) is 3.50. The Hall–Kier alpha value is -2.26. The predicted octanol–water partition coefficient (Wildman–Crippen LogP) is 5.51. The molecule has 0 spiro atoms. The van der Waals surface area contributed by atoms with E-state index in [4.69, 9.17) is 27.9 Å². The van der Waals surface area contributed by atoms with Crippen LogP contribution in [0.3, 0.4) is 0 Å². The van der Waals surface area contributed by atoms with Crippen LogP contribution in [-0.4, -0.2) is 35.2 Å². The van der Waals surface area contributed by atoms with Crippen LogP contribution < -0.4 is 15.4 Å². The number of halogens is 2. The Balaban J connectivity index is 1.43. The summed E-state index contributed by atoms with van der Waals surface area (Å²) in [5, 5.41) is 7.24. The Morgan fingerprint density at radius 3 is 2.62 bits per heavy atom. The van der Waals surface area contributed by atoms with Gasteiger partial charge in [-0.25, -0.2) is 4.98 Å². The van der Waals surface area contributed by atoms with Crippen molar-refractivity contribution in [1.82, 2.24) is 10.3 Å². The molecule has 32 heavy (non-hydrogen) atoms. The number of amides is 2. The van der Waals surface area contributed by atoms with Crippen molar-refractivity contribution < 1.29 is 14.3 Å². The number of nitrogens with one attached hydrogen (secondary N) is 2. The molecular formula is C22H19Cl2N3O3S2. The number of thiazole rings is 1. The molecule has 4 rings (SSSR count). The Labute approximate surface area is 203 Å². The molecule has 2 aromatic carbocycles. The highest BCUT2D eigenvalue weighted by Gasteiger charge is 2.23. The van der Waals surface area contributed by atoms with Crippen LogP contribution in [-0.2, 0) is 9.59 Å². The van der Waals surface area contributed by atoms with Gasteiger partial charge < -0.3 is 15.4 Å². The molecule has 166 valence electrons. The Kier molecular flexibility index (Phi) is 7.57. The first-order valence-electron chi connectivity index (χ1n) is 9.84. The zero-order valence-electron chi connectivity index (χ0n) is 16.8. The molecule has 2 amide bonds. The van der Waals surface area contributed by atoms with Gasteiger partial charge in [0.25, 0.3) is 5.91 Å². The predicted molar refractivity (Wildman–Crippen MR) is 130 cm³/mol. The van der Waals surface area contributed by atoms with Gasteiger partial charge in [-0.05, 0) is 31.0 Å². The van der Waals surface area contributed by atoms with Crippen LogP contribution in [0.4, 0.5) is 5.00 Å². The van der Waals surface area contributed by atoms with Crippen LogP contribution in [0, 0.1) is 0 Å². The molecule has 1 aromatic heterocycles. The molecule has 1 aliphatic carbocycles. The van der Waals surface area contributed by atoms with Crippen molar-refractivity contribution in [2.24, 2.45) is 0 Å². The summed E-state index contributed by atoms with van der Waals surface area (Å²) in [6, 6.07) is 14.7. The third kappa shape index (κ3) is 6.38. The molecule has 0 bridgehead atoms. The number of benzene rings is 2. The number of nitrogens with zero attached hydrogens (tertiary/aromatic N) is 1. The number of hydrogen-bond donors (Lipinski definition) is 2. The Morgan fingerprint density at radius 2 is 1.91 bits per heavy atom. The number of hydrogen-bond acceptors (Lipinski definition) is 6. The summed E-state index contributed by atoms with van der Waals surface area (Å²) in [5.74, 6) is 0.300. The van der Waals surface area contributed by atoms with Crippen LogP contribution >= 0.6 is 46.3 Å². The lowest BCUT2D eigenvalue weighted by Crippen LogP contribution is -2.26. The van der Waals surface area contributed by atoms with Crippen molar-refractivity contribution in [3.05, 3.63) is 58.6 Å². The van der Waals surface area contributed by atoms with Gasteiger partial charge in [-0.3, -0.25) is 9.59 Å². The normalized spacial score (nSPS) is 12.9. The summed E-state index contributed by atoms with van der Waals surface area (Å²) in [7, 11) is 0. The van der Waals surface area contributed by atoms with Gasteiger partial charge >= 0.3 is 0 Å². The highest BCUT2D eigenvalue weighted by molar-refractivity contribution is 8.01. The van der Waals surface area contributed by atoms with E-state index in [-0.39, 0.29) is 24.2 Å². The van der Waals surface area contributed by atoms with Crippen molar-refractivity contribution in [3.63, 3.8) is 0 Å². The van der Waals surface area contributed by atoms with E-state index < -0.39 is 0 Å². The minimum Gasteiger partial charge on any atom is -0.482 e. The zero-order chi connectivity index (χ0) is 22.5. The fourth-order valence-corrected chi connectivity index (χ4v) is 5.12. The van der Waals surface area contributed by atoms with Crippen LogP contribution in [0.2, 0.25) is 10.0 Å². The van der Waals surface area contributed by atoms with Crippen molar-refractivity contribution >= 4 is 63.1 Å². The van der Waals surface area contributed by atoms with Crippen molar-refractivity contribution in [2.75, 3.05) is 17.7 Å². The van der Waals surface area contributed by atoms with E-state index in [2.05, 4.69) is 15.6 Å². The van der Waals surface area contributed by atoms with E-state index in [0.29, 0.717) is 36.9 Å². The Bertz CT molecular complexity index is 1120. The van der Waals surface area contributed by atoms with Gasteiger partial charge in [0.15, 0.2) is 10.9 Å². The van der Waals surface area contributed by atoms with Gasteiger partial charge in [0, 0.05) is 16.6 Å². The van der Waals surface area contributed by atoms with E-state index in [1.807, 2.05) is 30.3 Å². The number of ether oxygens (including phenoxy) is 1. The molecule has 0 unspecified atom stereocenters. The lowest BCUT2D eigenvalue weighted by molar-refractivity contribution is -0.119. The maximum atomic E-state index is 12.6. The number of carbonyl (C=O) groups excluding carboxylic acids is 2. The average molecular weight is 508 g/mol. The molecule has 0 radical (unpaired) electrons. The van der Waals surface area contributed by atoms with Crippen LogP contribution in [0.5, 0.6) is 5.75 Å². The quantitative estimate of drug-likeness (QED) is 0.373. The Morgan fingerprint density at radius 1 is 1.12 bits per heavy atom. The largest absolute Gasteiger partial charge is 0.482 e. The molecule has 10 heteroatoms. The van der Waals surface area contributed by atoms with Gasteiger partial charge in [-0.1, -0.05) is 76.6 Å². The highest BCUT2D eigenvalue weighted by atomic mass is 35.5. The number of carbonyl (C=O) groups is 2. The molecule has 0 saturated heterocycles. The molecule has 2 N–H and O–H groups in total. The molecule has 6 nitrogen and oxygen atoms in total. The molecule has 1 aliphatic rings. The van der Waals surface area contributed by atoms with Gasteiger partial charge in [-0.15, -0.1) is 0 Å². The van der Waals surface area contributed by atoms with Gasteiger partial charge in [0.05, 0.1) is 10.8 Å². The fourth-order valence-electron chi connectivity index (χ4n) is 2.76. The lowest BCUT2D eigenvalue weighted by Gasteiger charge is -2.09. The SMILES string of the molecule is O=C(COc1ccc(Cl)cc1Cl)Nc1sc(SCC(=O)NC2CC2)nc1-c1ccccc1. The molecule has 3 aromatic rings. The van der Waals surface area contributed by atoms with E-state index in [0.717, 1.165) is 18.4 Å². The zero-order valence-corrected chi connectivity index (χ0v) is 19.9. The highest BCUT2D eigenvalue weighted by Crippen LogP contribution is 2.37. The van der Waals surface area contributed by atoms with Gasteiger partial charge in [0.1, 0.15) is 16.4 Å². The van der Waals surface area contributed by atoms with Crippen LogP contribution in [0.15, 0.2) is 52.9 Å². The molecule has 0 atom stereocenters. The molecule has 1 fully saturated rings. The summed E-state index contributed by atoms with van der Waals surface area (Å²) < 4.78 is 6.22. The molecular weight excluding hydrogens is 489 g/mol. The lowest BCUT2D eigenvalue weighted by atomic mass is 10.2. The topological polar surface area (TPSA) is 80.3 Å². The first kappa shape index (κ1) is 22.9. The van der Waals surface area contributed by atoms with Crippen molar-refractivity contribution in [3.8, 4) is 17.0 Å². The molecule has 1 heterocycles. The minimum absolute atomic E-state index is 0.00668. The number of rotatable bonds is 9. The number of anilines is 1. The van der Waals surface area contributed by atoms with Crippen LogP contribution in [0.1, 0.15) is 12.8 Å². The summed E-state index contributed by atoms with van der Waals surface area (Å²) in [5.41, 5.74) is 1.52. The third-order valence-corrected chi connectivity index (χ3v) is 7.07. The molecule has 1 saturated carbocycles. The second-order valence-corrected chi connectivity index (χ2v) is 10.1. The number of aromatic nitrogens is 1. The second-order valence-electron chi connectivity index (χ2n) is 7.07. The summed E-state index contributed by atoms with van der Waals surface area (Å²) in [6.45, 7) is -0.222. The maximum Gasteiger partial charge on any atom is 0.262 e. The summed E-state index contributed by atoms with van der Waals surface area (Å²) in [6.07, 6.45) is 2.09. The first-order valence-corrected chi connectivity index (χ1v) is 12.4. The standard InChI is InChI=1S/C22H19Cl2N3O3S2/c23-14-6-9-17(16(24)10-14)30-11-18(28)26-21-20(13-4-2-1-3-5-13)27-22(32-21)31-12-19(29)25-15-7-8-15/h1-6,9-10,15H,7-8,11-12H2,(H,25,29)(H,26,28). The first-order chi connectivity index (χ1) is 15.5. The second kappa shape index (κ2) is 10.6. The smallest absolute Gasteiger partial charge is 0.262 e.